The lowest BCUT2D eigenvalue weighted by molar-refractivity contribution is 0.311. The van der Waals surface area contributed by atoms with E-state index < -0.39 is 0 Å². The zero-order chi connectivity index (χ0) is 17.3. The van der Waals surface area contributed by atoms with E-state index in [9.17, 15) is 0 Å². The molecule has 0 radical (unpaired) electrons. The molecule has 0 saturated carbocycles. The minimum absolute atomic E-state index is 1.20. The first-order chi connectivity index (χ1) is 12.3. The summed E-state index contributed by atoms with van der Waals surface area (Å²) in [4.78, 5) is 2.44. The lowest BCUT2D eigenvalue weighted by atomic mass is 10.0. The second-order valence-electron chi connectivity index (χ2n) is 7.19. The van der Waals surface area contributed by atoms with Gasteiger partial charge in [0.25, 0.3) is 0 Å². The number of aryl methyl sites for hydroxylation is 1. The van der Waals surface area contributed by atoms with Gasteiger partial charge in [-0.3, -0.25) is 0 Å². The standard InChI is InChI=1S/C24H31N/c1-2-3-5-8-21-9-13-23(14-10-21)24-15-11-22(12-16-24)17-20-25-18-6-4-7-19-25/h9-17,20H,2-8,18-19H2,1H3. The van der Waals surface area contributed by atoms with E-state index in [0.29, 0.717) is 0 Å². The molecule has 0 N–H and O–H groups in total. The zero-order valence-electron chi connectivity index (χ0n) is 15.6. The summed E-state index contributed by atoms with van der Waals surface area (Å²) in [5.74, 6) is 0. The Bertz CT molecular complexity index is 645. The first-order valence-electron chi connectivity index (χ1n) is 9.97. The molecular weight excluding hydrogens is 302 g/mol. The minimum atomic E-state index is 1.20. The van der Waals surface area contributed by atoms with E-state index in [0.717, 1.165) is 0 Å². The van der Waals surface area contributed by atoms with Gasteiger partial charge in [0, 0.05) is 13.1 Å². The number of hydrogen-bond acceptors (Lipinski definition) is 1. The van der Waals surface area contributed by atoms with Gasteiger partial charge in [-0.1, -0.05) is 68.3 Å². The van der Waals surface area contributed by atoms with Crippen LogP contribution in [0, 0.1) is 0 Å². The summed E-state index contributed by atoms with van der Waals surface area (Å²) in [5, 5.41) is 0. The average Bonchev–Trinajstić information content (AvgIpc) is 2.68. The number of piperidine rings is 1. The lowest BCUT2D eigenvalue weighted by Gasteiger charge is -2.24. The molecule has 0 aromatic heterocycles. The van der Waals surface area contributed by atoms with Crippen LogP contribution in [0.15, 0.2) is 54.7 Å². The molecule has 2 aromatic rings. The molecule has 1 heteroatoms. The van der Waals surface area contributed by atoms with E-state index >= 15 is 0 Å². The normalized spacial score (nSPS) is 15.0. The molecule has 1 aliphatic heterocycles. The van der Waals surface area contributed by atoms with Gasteiger partial charge in [-0.05, 0) is 66.6 Å². The van der Waals surface area contributed by atoms with E-state index in [1.54, 1.807) is 0 Å². The Hall–Kier alpha value is -2.02. The van der Waals surface area contributed by atoms with Crippen molar-refractivity contribution in [3.05, 3.63) is 65.9 Å². The zero-order valence-corrected chi connectivity index (χ0v) is 15.6. The Morgan fingerprint density at radius 2 is 1.44 bits per heavy atom. The maximum atomic E-state index is 2.44. The van der Waals surface area contributed by atoms with E-state index in [2.05, 4.69) is 72.6 Å². The van der Waals surface area contributed by atoms with Crippen molar-refractivity contribution < 1.29 is 0 Å². The minimum Gasteiger partial charge on any atom is -0.377 e. The molecule has 1 saturated heterocycles. The Morgan fingerprint density at radius 3 is 2.08 bits per heavy atom. The van der Waals surface area contributed by atoms with E-state index in [-0.39, 0.29) is 0 Å². The van der Waals surface area contributed by atoms with Gasteiger partial charge in [0.15, 0.2) is 0 Å². The highest BCUT2D eigenvalue weighted by Crippen LogP contribution is 2.22. The van der Waals surface area contributed by atoms with Crippen LogP contribution < -0.4 is 0 Å². The summed E-state index contributed by atoms with van der Waals surface area (Å²) in [7, 11) is 0. The fraction of sp³-hybridized carbons (Fsp3) is 0.417. The monoisotopic (exact) mass is 333 g/mol. The van der Waals surface area contributed by atoms with Crippen molar-refractivity contribution in [1.82, 2.24) is 4.90 Å². The molecule has 1 fully saturated rings. The number of hydrogen-bond donors (Lipinski definition) is 0. The van der Waals surface area contributed by atoms with Gasteiger partial charge in [-0.25, -0.2) is 0 Å². The van der Waals surface area contributed by atoms with Crippen molar-refractivity contribution in [2.45, 2.75) is 51.9 Å². The van der Waals surface area contributed by atoms with Crippen molar-refractivity contribution in [2.24, 2.45) is 0 Å². The number of benzene rings is 2. The van der Waals surface area contributed by atoms with Crippen LogP contribution in [0.3, 0.4) is 0 Å². The summed E-state index contributed by atoms with van der Waals surface area (Å²) in [6.07, 6.45) is 13.7. The molecule has 25 heavy (non-hydrogen) atoms. The first kappa shape index (κ1) is 17.8. The van der Waals surface area contributed by atoms with Gasteiger partial charge in [-0.15, -0.1) is 0 Å². The molecular formula is C24H31N. The van der Waals surface area contributed by atoms with Crippen LogP contribution in [0.4, 0.5) is 0 Å². The van der Waals surface area contributed by atoms with E-state index in [4.69, 9.17) is 0 Å². The topological polar surface area (TPSA) is 3.24 Å². The predicted octanol–water partition coefficient (Wildman–Crippen LogP) is 6.54. The Morgan fingerprint density at radius 1 is 0.800 bits per heavy atom. The van der Waals surface area contributed by atoms with Gasteiger partial charge in [0.1, 0.15) is 0 Å². The van der Waals surface area contributed by atoms with Crippen LogP contribution >= 0.6 is 0 Å². The van der Waals surface area contributed by atoms with Crippen LogP contribution in [0.1, 0.15) is 56.6 Å². The van der Waals surface area contributed by atoms with Crippen molar-refractivity contribution in [1.29, 1.82) is 0 Å². The third-order valence-corrected chi connectivity index (χ3v) is 5.14. The highest BCUT2D eigenvalue weighted by molar-refractivity contribution is 5.65. The molecule has 0 unspecified atom stereocenters. The number of likely N-dealkylation sites (tertiary alicyclic amines) is 1. The van der Waals surface area contributed by atoms with E-state index in [1.165, 1.54) is 80.3 Å². The third kappa shape index (κ3) is 5.49. The van der Waals surface area contributed by atoms with Gasteiger partial charge in [0.05, 0.1) is 0 Å². The summed E-state index contributed by atoms with van der Waals surface area (Å²) in [6.45, 7) is 4.67. The maximum absolute atomic E-state index is 2.44. The average molecular weight is 334 g/mol. The molecule has 3 rings (SSSR count). The highest BCUT2D eigenvalue weighted by atomic mass is 15.1. The number of rotatable bonds is 7. The van der Waals surface area contributed by atoms with Crippen LogP contribution in [0.5, 0.6) is 0 Å². The SMILES string of the molecule is CCCCCc1ccc(-c2ccc(C=CN3CCCCC3)cc2)cc1. The quantitative estimate of drug-likeness (QED) is 0.520. The smallest absolute Gasteiger partial charge is 0.0172 e. The Balaban J connectivity index is 1.58. The second kappa shape index (κ2) is 9.46. The van der Waals surface area contributed by atoms with Crippen LogP contribution in [0.2, 0.25) is 0 Å². The molecule has 0 amide bonds. The Labute approximate surface area is 153 Å². The highest BCUT2D eigenvalue weighted by Gasteiger charge is 2.05. The molecule has 132 valence electrons. The Kier molecular flexibility index (Phi) is 6.73. The van der Waals surface area contributed by atoms with Crippen molar-refractivity contribution in [3.63, 3.8) is 0 Å². The first-order valence-corrected chi connectivity index (χ1v) is 9.97. The van der Waals surface area contributed by atoms with Crippen molar-refractivity contribution in [2.75, 3.05) is 13.1 Å². The molecule has 0 spiro atoms. The molecule has 1 aliphatic rings. The number of nitrogens with zero attached hydrogens (tertiary/aromatic N) is 1. The fourth-order valence-corrected chi connectivity index (χ4v) is 3.49. The second-order valence-corrected chi connectivity index (χ2v) is 7.19. The van der Waals surface area contributed by atoms with Gasteiger partial charge < -0.3 is 4.90 Å². The van der Waals surface area contributed by atoms with Gasteiger partial charge in [0.2, 0.25) is 0 Å². The molecule has 0 atom stereocenters. The van der Waals surface area contributed by atoms with Crippen LogP contribution in [-0.2, 0) is 6.42 Å². The molecule has 0 bridgehead atoms. The number of unbranched alkanes of at least 4 members (excludes halogenated alkanes) is 2. The fourth-order valence-electron chi connectivity index (χ4n) is 3.49. The molecule has 2 aromatic carbocycles. The van der Waals surface area contributed by atoms with Gasteiger partial charge in [-0.2, -0.15) is 0 Å². The molecule has 1 nitrogen and oxygen atoms in total. The summed E-state index contributed by atoms with van der Waals surface area (Å²) in [6, 6.07) is 18.0. The third-order valence-electron chi connectivity index (χ3n) is 5.14. The summed E-state index contributed by atoms with van der Waals surface area (Å²) >= 11 is 0. The molecule has 1 heterocycles. The van der Waals surface area contributed by atoms with E-state index in [1.807, 2.05) is 0 Å². The summed E-state index contributed by atoms with van der Waals surface area (Å²) in [5.41, 5.74) is 5.35. The van der Waals surface area contributed by atoms with Crippen LogP contribution in [-0.4, -0.2) is 18.0 Å². The van der Waals surface area contributed by atoms with Crippen molar-refractivity contribution >= 4 is 6.08 Å². The van der Waals surface area contributed by atoms with Crippen molar-refractivity contribution in [3.8, 4) is 11.1 Å². The maximum Gasteiger partial charge on any atom is 0.0172 e. The summed E-state index contributed by atoms with van der Waals surface area (Å²) < 4.78 is 0. The van der Waals surface area contributed by atoms with Crippen LogP contribution in [0.25, 0.3) is 17.2 Å². The largest absolute Gasteiger partial charge is 0.377 e. The molecule has 0 aliphatic carbocycles. The predicted molar refractivity (Wildman–Crippen MR) is 110 cm³/mol. The lowest BCUT2D eigenvalue weighted by Crippen LogP contribution is -2.23. The van der Waals surface area contributed by atoms with Gasteiger partial charge >= 0.3 is 0 Å².